The van der Waals surface area contributed by atoms with Crippen LogP contribution >= 0.6 is 0 Å². The van der Waals surface area contributed by atoms with E-state index in [0.29, 0.717) is 12.4 Å². The van der Waals surface area contributed by atoms with Gasteiger partial charge >= 0.3 is 0 Å². The second kappa shape index (κ2) is 10.1. The Morgan fingerprint density at radius 2 is 2.09 bits per heavy atom. The van der Waals surface area contributed by atoms with Gasteiger partial charge in [-0.05, 0) is 44.0 Å². The van der Waals surface area contributed by atoms with Crippen LogP contribution in [-0.4, -0.2) is 57.9 Å². The van der Waals surface area contributed by atoms with Crippen LogP contribution < -0.4 is 10.2 Å². The minimum Gasteiger partial charge on any atom is -0.344 e. The number of aryl methyl sites for hydroxylation is 1. The average molecular weight is 443 g/mol. The van der Waals surface area contributed by atoms with Gasteiger partial charge in [-0.2, -0.15) is 0 Å². The summed E-state index contributed by atoms with van der Waals surface area (Å²) in [6.45, 7) is 4.74. The van der Waals surface area contributed by atoms with E-state index in [9.17, 15) is 4.79 Å². The number of anilines is 2. The van der Waals surface area contributed by atoms with Gasteiger partial charge in [0.1, 0.15) is 18.0 Å². The quantitative estimate of drug-likeness (QED) is 0.564. The predicted octanol–water partition coefficient (Wildman–Crippen LogP) is 2.90. The van der Waals surface area contributed by atoms with E-state index in [-0.39, 0.29) is 18.5 Å². The topological polar surface area (TPSA) is 109 Å². The van der Waals surface area contributed by atoms with Gasteiger partial charge < -0.3 is 10.2 Å². The number of nitrogens with one attached hydrogen (secondary N) is 1. The van der Waals surface area contributed by atoms with Crippen molar-refractivity contribution in [1.82, 2.24) is 19.9 Å². The number of rotatable bonds is 7. The molecule has 0 bridgehead atoms. The molecule has 1 unspecified atom stereocenters. The number of carbonyl (C=O) groups is 1. The smallest absolute Gasteiger partial charge is 0.245 e. The van der Waals surface area contributed by atoms with Gasteiger partial charge in [-0.3, -0.25) is 19.8 Å². The van der Waals surface area contributed by atoms with Crippen molar-refractivity contribution in [2.75, 3.05) is 23.8 Å². The van der Waals surface area contributed by atoms with Gasteiger partial charge in [0.2, 0.25) is 5.91 Å². The Balaban J connectivity index is 1.44. The Morgan fingerprint density at radius 3 is 2.85 bits per heavy atom. The molecule has 0 spiro atoms. The summed E-state index contributed by atoms with van der Waals surface area (Å²) < 4.78 is 0. The molecule has 9 heteroatoms. The third kappa shape index (κ3) is 5.25. The molecule has 9 nitrogen and oxygen atoms in total. The molecule has 1 amide bonds. The van der Waals surface area contributed by atoms with Crippen LogP contribution in [0.2, 0.25) is 0 Å². The number of nitrogens with zero attached hydrogens (tertiary/aromatic N) is 7. The molecule has 0 aromatic carbocycles. The van der Waals surface area contributed by atoms with Crippen molar-refractivity contribution in [2.24, 2.45) is 9.98 Å². The maximum Gasteiger partial charge on any atom is 0.245 e. The zero-order chi connectivity index (χ0) is 23.2. The van der Waals surface area contributed by atoms with E-state index < -0.39 is 0 Å². The lowest BCUT2D eigenvalue weighted by Gasteiger charge is -2.22. The first-order chi connectivity index (χ1) is 16.0. The summed E-state index contributed by atoms with van der Waals surface area (Å²) in [5, 5.41) is 2.87. The molecule has 0 radical (unpaired) electrons. The maximum atomic E-state index is 12.8. The summed E-state index contributed by atoms with van der Waals surface area (Å²) >= 11 is 0. The molecule has 3 aromatic rings. The standard InChI is InChI=1S/C24H26N8O/c1-16-10-19(6-7-27-16)23-20-11-17(2)32(24(20)30-15-29-23)14-22(33)31-21-5-4-18(13-28-21)12-26-9-8-25-3/h4-10,13,15,17H,11-12,14H2,1-3H3,(H,28,31,33). The Labute approximate surface area is 192 Å². The van der Waals surface area contributed by atoms with Crippen LogP contribution in [0.5, 0.6) is 0 Å². The number of pyridine rings is 2. The van der Waals surface area contributed by atoms with Gasteiger partial charge in [0.05, 0.1) is 18.8 Å². The van der Waals surface area contributed by atoms with E-state index in [1.165, 1.54) is 0 Å². The largest absolute Gasteiger partial charge is 0.344 e. The van der Waals surface area contributed by atoms with Crippen molar-refractivity contribution in [3.63, 3.8) is 0 Å². The molecule has 1 aliphatic rings. The van der Waals surface area contributed by atoms with Crippen molar-refractivity contribution in [2.45, 2.75) is 32.9 Å². The van der Waals surface area contributed by atoms with Crippen molar-refractivity contribution in [3.05, 3.63) is 59.8 Å². The SMILES string of the molecule is CN=CC=NCc1ccc(NC(=O)CN2c3ncnc(-c4ccnc(C)c4)c3CC2C)nc1. The molecule has 1 aliphatic heterocycles. The lowest BCUT2D eigenvalue weighted by atomic mass is 10.0. The number of carbonyl (C=O) groups excluding carboxylic acids is 1. The molecule has 168 valence electrons. The Kier molecular flexibility index (Phi) is 6.77. The minimum atomic E-state index is -0.146. The highest BCUT2D eigenvalue weighted by molar-refractivity contribution is 6.15. The van der Waals surface area contributed by atoms with E-state index in [1.807, 2.05) is 30.0 Å². The van der Waals surface area contributed by atoms with Crippen molar-refractivity contribution >= 4 is 30.0 Å². The summed E-state index contributed by atoms with van der Waals surface area (Å²) in [5.74, 6) is 1.16. The predicted molar refractivity (Wildman–Crippen MR) is 130 cm³/mol. The van der Waals surface area contributed by atoms with Gasteiger partial charge in [0.15, 0.2) is 0 Å². The zero-order valence-electron chi connectivity index (χ0n) is 18.9. The number of fused-ring (bicyclic) bond motifs is 1. The average Bonchev–Trinajstić information content (AvgIpc) is 3.13. The highest BCUT2D eigenvalue weighted by Crippen LogP contribution is 2.35. The first-order valence-corrected chi connectivity index (χ1v) is 10.7. The fourth-order valence-electron chi connectivity index (χ4n) is 3.83. The lowest BCUT2D eigenvalue weighted by molar-refractivity contribution is -0.115. The summed E-state index contributed by atoms with van der Waals surface area (Å²) in [4.78, 5) is 40.5. The van der Waals surface area contributed by atoms with Crippen LogP contribution in [0.1, 0.15) is 23.7 Å². The molecule has 3 aromatic heterocycles. The highest BCUT2D eigenvalue weighted by atomic mass is 16.2. The number of amides is 1. The first-order valence-electron chi connectivity index (χ1n) is 10.7. The Hall–Kier alpha value is -4.01. The molecular weight excluding hydrogens is 416 g/mol. The van der Waals surface area contributed by atoms with Crippen LogP contribution in [0.3, 0.4) is 0 Å². The summed E-state index contributed by atoms with van der Waals surface area (Å²) in [6, 6.07) is 7.77. The van der Waals surface area contributed by atoms with Crippen LogP contribution in [0.4, 0.5) is 11.6 Å². The third-order valence-electron chi connectivity index (χ3n) is 5.40. The van der Waals surface area contributed by atoms with Crippen molar-refractivity contribution in [3.8, 4) is 11.3 Å². The maximum absolute atomic E-state index is 12.8. The Bertz CT molecular complexity index is 1190. The van der Waals surface area contributed by atoms with Crippen LogP contribution in [0.15, 0.2) is 53.0 Å². The second-order valence-electron chi connectivity index (χ2n) is 7.89. The monoisotopic (exact) mass is 442 g/mol. The Morgan fingerprint density at radius 1 is 1.21 bits per heavy atom. The highest BCUT2D eigenvalue weighted by Gasteiger charge is 2.31. The van der Waals surface area contributed by atoms with E-state index in [1.54, 1.807) is 44.3 Å². The molecule has 0 fully saturated rings. The second-order valence-corrected chi connectivity index (χ2v) is 7.89. The zero-order valence-corrected chi connectivity index (χ0v) is 18.9. The molecule has 1 atom stereocenters. The van der Waals surface area contributed by atoms with E-state index in [0.717, 1.165) is 40.3 Å². The van der Waals surface area contributed by atoms with Crippen LogP contribution in [0, 0.1) is 6.92 Å². The van der Waals surface area contributed by atoms with E-state index in [4.69, 9.17) is 0 Å². The number of hydrogen-bond donors (Lipinski definition) is 1. The van der Waals surface area contributed by atoms with E-state index in [2.05, 4.69) is 42.2 Å². The van der Waals surface area contributed by atoms with Gasteiger partial charge in [0.25, 0.3) is 0 Å². The van der Waals surface area contributed by atoms with Crippen LogP contribution in [0.25, 0.3) is 11.3 Å². The molecule has 0 aliphatic carbocycles. The van der Waals surface area contributed by atoms with Crippen molar-refractivity contribution in [1.29, 1.82) is 0 Å². The molecule has 1 N–H and O–H groups in total. The van der Waals surface area contributed by atoms with Gasteiger partial charge in [-0.25, -0.2) is 15.0 Å². The molecule has 0 saturated carbocycles. The number of aromatic nitrogens is 4. The first kappa shape index (κ1) is 22.2. The summed E-state index contributed by atoms with van der Waals surface area (Å²) in [5.41, 5.74) is 4.84. The third-order valence-corrected chi connectivity index (χ3v) is 5.40. The lowest BCUT2D eigenvalue weighted by Crippen LogP contribution is -2.37. The fraction of sp³-hybridized carbons (Fsp3) is 0.292. The summed E-state index contributed by atoms with van der Waals surface area (Å²) in [6.07, 6.45) is 9.10. The molecule has 33 heavy (non-hydrogen) atoms. The molecule has 0 saturated heterocycles. The summed E-state index contributed by atoms with van der Waals surface area (Å²) in [7, 11) is 1.69. The molecular formula is C24H26N8O. The number of aliphatic imine (C=N–C) groups is 2. The molecule has 4 rings (SSSR count). The van der Waals surface area contributed by atoms with E-state index >= 15 is 0 Å². The molecule has 4 heterocycles. The normalized spacial score (nSPS) is 15.4. The van der Waals surface area contributed by atoms with Gasteiger partial charge in [-0.15, -0.1) is 0 Å². The number of hydrogen-bond acceptors (Lipinski definition) is 8. The minimum absolute atomic E-state index is 0.129. The fourth-order valence-corrected chi connectivity index (χ4v) is 3.83. The van der Waals surface area contributed by atoms with Gasteiger partial charge in [-0.1, -0.05) is 6.07 Å². The van der Waals surface area contributed by atoms with Gasteiger partial charge in [0, 0.05) is 54.7 Å². The van der Waals surface area contributed by atoms with Crippen LogP contribution in [-0.2, 0) is 17.8 Å². The van der Waals surface area contributed by atoms with Crippen molar-refractivity contribution < 1.29 is 4.79 Å².